The lowest BCUT2D eigenvalue weighted by Gasteiger charge is -2.20. The standard InChI is InChI=1S/C14H18FNO2/c1-3-16-7-6-14(2,17)13-9-10-8-11(15)4-5-12(10)18-13/h4-5,8-9,16-17H,3,6-7H2,1-2H3. The summed E-state index contributed by atoms with van der Waals surface area (Å²) in [7, 11) is 0. The molecule has 0 radical (unpaired) electrons. The minimum absolute atomic E-state index is 0.304. The van der Waals surface area contributed by atoms with Crippen molar-refractivity contribution in [3.63, 3.8) is 0 Å². The molecule has 0 bridgehead atoms. The van der Waals surface area contributed by atoms with Gasteiger partial charge in [-0.25, -0.2) is 4.39 Å². The van der Waals surface area contributed by atoms with Crippen LogP contribution in [0.25, 0.3) is 11.0 Å². The molecule has 0 amide bonds. The second-order valence-corrected chi connectivity index (χ2v) is 4.67. The Bertz CT molecular complexity index is 534. The summed E-state index contributed by atoms with van der Waals surface area (Å²) >= 11 is 0. The van der Waals surface area contributed by atoms with Gasteiger partial charge >= 0.3 is 0 Å². The Kier molecular flexibility index (Phi) is 3.68. The monoisotopic (exact) mass is 251 g/mol. The first-order chi connectivity index (χ1) is 8.53. The molecule has 2 N–H and O–H groups in total. The van der Waals surface area contributed by atoms with Gasteiger partial charge in [-0.2, -0.15) is 0 Å². The van der Waals surface area contributed by atoms with E-state index in [-0.39, 0.29) is 5.82 Å². The zero-order chi connectivity index (χ0) is 13.2. The number of halogens is 1. The summed E-state index contributed by atoms with van der Waals surface area (Å²) in [6.07, 6.45) is 0.545. The van der Waals surface area contributed by atoms with Crippen LogP contribution in [0.3, 0.4) is 0 Å². The lowest BCUT2D eigenvalue weighted by Crippen LogP contribution is -2.27. The highest BCUT2D eigenvalue weighted by Crippen LogP contribution is 2.30. The van der Waals surface area contributed by atoms with Crippen LogP contribution in [-0.2, 0) is 5.60 Å². The summed E-state index contributed by atoms with van der Waals surface area (Å²) in [4.78, 5) is 0. The van der Waals surface area contributed by atoms with Crippen molar-refractivity contribution in [1.82, 2.24) is 5.32 Å². The first kappa shape index (κ1) is 13.1. The molecule has 4 heteroatoms. The minimum atomic E-state index is -1.04. The Hall–Kier alpha value is -1.39. The van der Waals surface area contributed by atoms with Crippen LogP contribution in [0.2, 0.25) is 0 Å². The summed E-state index contributed by atoms with van der Waals surface area (Å²) in [5.74, 6) is 0.170. The molecule has 0 saturated carbocycles. The Morgan fingerprint density at radius 2 is 2.17 bits per heavy atom. The molecular formula is C14H18FNO2. The number of fused-ring (bicyclic) bond motifs is 1. The van der Waals surface area contributed by atoms with E-state index >= 15 is 0 Å². The van der Waals surface area contributed by atoms with E-state index in [0.29, 0.717) is 29.7 Å². The van der Waals surface area contributed by atoms with Gasteiger partial charge in [0, 0.05) is 5.39 Å². The topological polar surface area (TPSA) is 45.4 Å². The number of hydrogen-bond acceptors (Lipinski definition) is 3. The molecule has 1 atom stereocenters. The van der Waals surface area contributed by atoms with E-state index in [0.717, 1.165) is 6.54 Å². The number of furan rings is 1. The van der Waals surface area contributed by atoms with Crippen molar-refractivity contribution in [3.05, 3.63) is 35.8 Å². The highest BCUT2D eigenvalue weighted by molar-refractivity contribution is 5.78. The summed E-state index contributed by atoms with van der Waals surface area (Å²) < 4.78 is 18.7. The van der Waals surface area contributed by atoms with Crippen LogP contribution in [0.5, 0.6) is 0 Å². The predicted molar refractivity (Wildman–Crippen MR) is 68.9 cm³/mol. The minimum Gasteiger partial charge on any atom is -0.458 e. The fourth-order valence-corrected chi connectivity index (χ4v) is 1.91. The quantitative estimate of drug-likeness (QED) is 0.803. The normalized spacial score (nSPS) is 14.9. The van der Waals surface area contributed by atoms with E-state index in [9.17, 15) is 9.50 Å². The predicted octanol–water partition coefficient (Wildman–Crippen LogP) is 2.78. The van der Waals surface area contributed by atoms with E-state index in [2.05, 4.69) is 5.32 Å². The zero-order valence-corrected chi connectivity index (χ0v) is 10.7. The molecule has 3 nitrogen and oxygen atoms in total. The molecule has 0 aliphatic heterocycles. The molecule has 1 unspecified atom stereocenters. The number of aliphatic hydroxyl groups is 1. The van der Waals surface area contributed by atoms with Crippen LogP contribution < -0.4 is 5.32 Å². The van der Waals surface area contributed by atoms with Gasteiger partial charge in [0.15, 0.2) is 0 Å². The third-order valence-electron chi connectivity index (χ3n) is 3.05. The maximum absolute atomic E-state index is 13.1. The van der Waals surface area contributed by atoms with Crippen molar-refractivity contribution in [3.8, 4) is 0 Å². The summed E-state index contributed by atoms with van der Waals surface area (Å²) in [6, 6.07) is 6.03. The van der Waals surface area contributed by atoms with Crippen molar-refractivity contribution >= 4 is 11.0 Å². The molecule has 0 fully saturated rings. The van der Waals surface area contributed by atoms with Crippen LogP contribution in [-0.4, -0.2) is 18.2 Å². The number of hydrogen-bond donors (Lipinski definition) is 2. The van der Waals surface area contributed by atoms with Crippen molar-refractivity contribution < 1.29 is 13.9 Å². The lowest BCUT2D eigenvalue weighted by atomic mass is 9.99. The molecule has 18 heavy (non-hydrogen) atoms. The number of benzene rings is 1. The Morgan fingerprint density at radius 1 is 1.39 bits per heavy atom. The van der Waals surface area contributed by atoms with Gasteiger partial charge in [-0.1, -0.05) is 6.92 Å². The van der Waals surface area contributed by atoms with E-state index in [4.69, 9.17) is 4.42 Å². The molecular weight excluding hydrogens is 233 g/mol. The molecule has 0 spiro atoms. The van der Waals surface area contributed by atoms with Crippen molar-refractivity contribution in [2.75, 3.05) is 13.1 Å². The summed E-state index contributed by atoms with van der Waals surface area (Å²) in [5, 5.41) is 14.2. The van der Waals surface area contributed by atoms with Gasteiger partial charge in [0.05, 0.1) is 0 Å². The molecule has 2 rings (SSSR count). The van der Waals surface area contributed by atoms with Crippen molar-refractivity contribution in [1.29, 1.82) is 0 Å². The van der Waals surface area contributed by atoms with Crippen LogP contribution >= 0.6 is 0 Å². The highest BCUT2D eigenvalue weighted by Gasteiger charge is 2.26. The molecule has 1 heterocycles. The molecule has 0 aliphatic rings. The lowest BCUT2D eigenvalue weighted by molar-refractivity contribution is 0.0273. The van der Waals surface area contributed by atoms with Gasteiger partial charge in [-0.15, -0.1) is 0 Å². The van der Waals surface area contributed by atoms with Gasteiger partial charge in [-0.05, 0) is 50.7 Å². The fourth-order valence-electron chi connectivity index (χ4n) is 1.91. The van der Waals surface area contributed by atoms with Crippen LogP contribution in [0.4, 0.5) is 4.39 Å². The first-order valence-electron chi connectivity index (χ1n) is 6.15. The average molecular weight is 251 g/mol. The van der Waals surface area contributed by atoms with Crippen LogP contribution in [0.15, 0.2) is 28.7 Å². The maximum atomic E-state index is 13.1. The molecule has 1 aromatic carbocycles. The zero-order valence-electron chi connectivity index (χ0n) is 10.7. The van der Waals surface area contributed by atoms with Crippen molar-refractivity contribution in [2.24, 2.45) is 0 Å². The SMILES string of the molecule is CCNCCC(C)(O)c1cc2cc(F)ccc2o1. The van der Waals surface area contributed by atoms with E-state index in [1.54, 1.807) is 19.1 Å². The first-order valence-corrected chi connectivity index (χ1v) is 6.15. The Morgan fingerprint density at radius 3 is 2.89 bits per heavy atom. The average Bonchev–Trinajstić information content (AvgIpc) is 2.72. The molecule has 1 aromatic heterocycles. The third-order valence-corrected chi connectivity index (χ3v) is 3.05. The Balaban J connectivity index is 2.24. The molecule has 2 aromatic rings. The van der Waals surface area contributed by atoms with Crippen LogP contribution in [0.1, 0.15) is 26.0 Å². The van der Waals surface area contributed by atoms with E-state index < -0.39 is 5.60 Å². The van der Waals surface area contributed by atoms with Crippen molar-refractivity contribution in [2.45, 2.75) is 25.9 Å². The van der Waals surface area contributed by atoms with Gasteiger partial charge in [-0.3, -0.25) is 0 Å². The van der Waals surface area contributed by atoms with E-state index in [1.807, 2.05) is 6.92 Å². The molecule has 98 valence electrons. The Labute approximate surface area is 106 Å². The molecule has 0 saturated heterocycles. The summed E-state index contributed by atoms with van der Waals surface area (Å²) in [5.41, 5.74) is -0.451. The van der Waals surface area contributed by atoms with Gasteiger partial charge in [0.1, 0.15) is 22.8 Å². The van der Waals surface area contributed by atoms with Crippen LogP contribution in [0, 0.1) is 5.82 Å². The third kappa shape index (κ3) is 2.71. The largest absolute Gasteiger partial charge is 0.458 e. The maximum Gasteiger partial charge on any atom is 0.136 e. The van der Waals surface area contributed by atoms with Gasteiger partial charge < -0.3 is 14.8 Å². The number of nitrogens with one attached hydrogen (secondary N) is 1. The van der Waals surface area contributed by atoms with E-state index in [1.165, 1.54) is 12.1 Å². The molecule has 0 aliphatic carbocycles. The summed E-state index contributed by atoms with van der Waals surface area (Å²) in [6.45, 7) is 5.29. The second-order valence-electron chi connectivity index (χ2n) is 4.67. The highest BCUT2D eigenvalue weighted by atomic mass is 19.1. The fraction of sp³-hybridized carbons (Fsp3) is 0.429. The second kappa shape index (κ2) is 5.08. The van der Waals surface area contributed by atoms with Gasteiger partial charge in [0.2, 0.25) is 0 Å². The number of rotatable bonds is 5. The smallest absolute Gasteiger partial charge is 0.136 e. The van der Waals surface area contributed by atoms with Gasteiger partial charge in [0.25, 0.3) is 0 Å².